The Bertz CT molecular complexity index is 3280. The lowest BCUT2D eigenvalue weighted by Crippen LogP contribution is -2.56. The van der Waals surface area contributed by atoms with Crippen molar-refractivity contribution in [2.75, 3.05) is 50.6 Å². The van der Waals surface area contributed by atoms with E-state index in [0.717, 1.165) is 61.8 Å². The van der Waals surface area contributed by atoms with Crippen molar-refractivity contribution in [1.29, 1.82) is 0 Å². The lowest BCUT2D eigenvalue weighted by atomic mass is 9.83. The first kappa shape index (κ1) is 58.8. The minimum absolute atomic E-state index is 0.0544. The first-order chi connectivity index (χ1) is 39.2. The Labute approximate surface area is 478 Å². The van der Waals surface area contributed by atoms with Crippen LogP contribution < -0.4 is 25.4 Å². The van der Waals surface area contributed by atoms with Crippen LogP contribution in [0.5, 0.6) is 17.2 Å². The largest absolute Gasteiger partial charge is 0.491 e. The van der Waals surface area contributed by atoms with E-state index in [0.29, 0.717) is 78.2 Å². The van der Waals surface area contributed by atoms with E-state index in [1.165, 1.54) is 35.4 Å². The van der Waals surface area contributed by atoms with Crippen LogP contribution >= 0.6 is 11.3 Å². The van der Waals surface area contributed by atoms with Crippen LogP contribution in [-0.4, -0.2) is 117 Å². The first-order valence-corrected chi connectivity index (χ1v) is 28.5. The van der Waals surface area contributed by atoms with E-state index < -0.39 is 41.4 Å². The lowest BCUT2D eigenvalue weighted by molar-refractivity contribution is -0.140. The summed E-state index contributed by atoms with van der Waals surface area (Å²) in [4.78, 5) is 81.9. The molecule has 3 atom stereocenters. The number of nitrogens with zero attached hydrogens (tertiary/aromatic N) is 7. The summed E-state index contributed by atoms with van der Waals surface area (Å²) in [6, 6.07) is 16.7. The van der Waals surface area contributed by atoms with Crippen molar-refractivity contribution in [3.05, 3.63) is 130 Å². The molecule has 22 heteroatoms. The number of halogens is 3. The Morgan fingerprint density at radius 1 is 0.878 bits per heavy atom. The molecular formula is C60H68F3N9O9S. The summed E-state index contributed by atoms with van der Waals surface area (Å²) in [5.74, 6) is 0.204. The Hall–Kier alpha value is -7.85. The first-order valence-electron chi connectivity index (χ1n) is 27.6. The van der Waals surface area contributed by atoms with Gasteiger partial charge in [-0.15, -0.1) is 11.3 Å². The molecule has 18 nitrogen and oxygen atoms in total. The van der Waals surface area contributed by atoms with Gasteiger partial charge in [-0.3, -0.25) is 28.8 Å². The highest BCUT2D eigenvalue weighted by Gasteiger charge is 2.41. The summed E-state index contributed by atoms with van der Waals surface area (Å²) in [5, 5.41) is 9.89. The molecule has 3 aliphatic rings. The third-order valence-electron chi connectivity index (χ3n) is 14.9. The van der Waals surface area contributed by atoms with Gasteiger partial charge < -0.3 is 39.8 Å². The van der Waals surface area contributed by atoms with Gasteiger partial charge in [0.05, 0.1) is 44.0 Å². The number of fused-ring (bicyclic) bond motifs is 1. The van der Waals surface area contributed by atoms with E-state index >= 15 is 0 Å². The van der Waals surface area contributed by atoms with Crippen molar-refractivity contribution in [3.63, 3.8) is 0 Å². The number of pyridine rings is 1. The summed E-state index contributed by atoms with van der Waals surface area (Å²) in [5.41, 5.74) is 8.65. The summed E-state index contributed by atoms with van der Waals surface area (Å²) >= 11 is 1.33. The van der Waals surface area contributed by atoms with Gasteiger partial charge in [0.25, 0.3) is 0 Å². The van der Waals surface area contributed by atoms with Gasteiger partial charge in [0.1, 0.15) is 46.5 Å². The van der Waals surface area contributed by atoms with Gasteiger partial charge in [0.2, 0.25) is 23.5 Å². The molecule has 2 aliphatic heterocycles. The fraction of sp³-hybridized carbons (Fsp3) is 0.433. The molecule has 0 bridgehead atoms. The maximum absolute atomic E-state index is 14.5. The summed E-state index contributed by atoms with van der Waals surface area (Å²) in [7, 11) is 1.51. The Balaban J connectivity index is 0.733. The molecule has 0 radical (unpaired) electrons. The molecule has 0 spiro atoms. The van der Waals surface area contributed by atoms with Crippen molar-refractivity contribution >= 4 is 52.4 Å². The van der Waals surface area contributed by atoms with Crippen LogP contribution in [0.15, 0.2) is 96.8 Å². The minimum atomic E-state index is -4.50. The molecule has 434 valence electrons. The zero-order valence-electron chi connectivity index (χ0n) is 46.6. The molecule has 3 aromatic carbocycles. The van der Waals surface area contributed by atoms with E-state index in [9.17, 15) is 37.1 Å². The molecule has 3 aromatic heterocycles. The van der Waals surface area contributed by atoms with Gasteiger partial charge in [-0.05, 0) is 119 Å². The molecular weight excluding hydrogens is 1080 g/mol. The predicted octanol–water partition coefficient (Wildman–Crippen LogP) is 10.2. The number of likely N-dealkylation sites (N-methyl/N-ethyl adjacent to an activating group) is 1. The number of carbonyl (C=O) groups is 5. The molecule has 4 amide bonds. The highest BCUT2D eigenvalue weighted by atomic mass is 32.1. The predicted molar refractivity (Wildman–Crippen MR) is 302 cm³/mol. The molecule has 3 N–H and O–H groups in total. The Kier molecular flexibility index (Phi) is 18.3. The van der Waals surface area contributed by atoms with Crippen LogP contribution in [0.25, 0.3) is 11.1 Å². The van der Waals surface area contributed by atoms with E-state index in [1.807, 2.05) is 12.3 Å². The average Bonchev–Trinajstić information content (AvgIpc) is 4.44. The average molecular weight is 1150 g/mol. The number of nitrogen functional groups attached to an aromatic ring is 1. The van der Waals surface area contributed by atoms with Gasteiger partial charge in [-0.2, -0.15) is 18.3 Å². The fourth-order valence-electron chi connectivity index (χ4n) is 10.4. The van der Waals surface area contributed by atoms with Crippen molar-refractivity contribution < 1.29 is 56.1 Å². The maximum Gasteiger partial charge on any atom is 0.416 e. The number of nitrogens with two attached hydrogens (primary N) is 1. The van der Waals surface area contributed by atoms with Crippen LogP contribution in [0.2, 0.25) is 0 Å². The minimum Gasteiger partial charge on any atom is -0.491 e. The maximum atomic E-state index is 14.5. The number of thiazole rings is 1. The molecule has 6 aromatic rings. The second-order valence-electron chi connectivity index (χ2n) is 21.9. The number of hydrogen-bond donors (Lipinski definition) is 2. The second-order valence-corrected chi connectivity index (χ2v) is 22.8. The SMILES string of the molecule is C[C@@H](C(=O)N[C@H](C(=O)N1CCC[C@H]1c1nc(C(=O)c2cccc(OCCOCCn3cc(-c4cnc(N)c(Oc5ccc6c(c5)CCN6C(=O)Cc5cccc(C(F)(F)F)c5)c4)cn3)c2)cs1)C1CCCCC1)N(C)C(=O)OC(C)(C)C. The lowest BCUT2D eigenvalue weighted by Gasteiger charge is -2.36. The van der Waals surface area contributed by atoms with Crippen LogP contribution in [0.1, 0.15) is 116 Å². The van der Waals surface area contributed by atoms with Crippen molar-refractivity contribution in [3.8, 4) is 28.4 Å². The third-order valence-corrected chi connectivity index (χ3v) is 15.8. The molecule has 0 unspecified atom stereocenters. The van der Waals surface area contributed by atoms with E-state index in [1.54, 1.807) is 102 Å². The molecule has 9 rings (SSSR count). The smallest absolute Gasteiger partial charge is 0.416 e. The molecule has 2 fully saturated rings. The molecule has 1 aliphatic carbocycles. The van der Waals surface area contributed by atoms with E-state index in [4.69, 9.17) is 29.7 Å². The van der Waals surface area contributed by atoms with Gasteiger partial charge in [-0.1, -0.05) is 49.6 Å². The highest BCUT2D eigenvalue weighted by Crippen LogP contribution is 2.39. The number of ether oxygens (including phenoxy) is 4. The number of hydrogen-bond acceptors (Lipinski definition) is 14. The Morgan fingerprint density at radius 2 is 1.67 bits per heavy atom. The topological polar surface area (TPSA) is 214 Å². The monoisotopic (exact) mass is 1150 g/mol. The summed E-state index contributed by atoms with van der Waals surface area (Å²) in [6.45, 7) is 9.04. The van der Waals surface area contributed by atoms with Crippen molar-refractivity contribution in [2.24, 2.45) is 5.92 Å². The molecule has 1 saturated carbocycles. The van der Waals surface area contributed by atoms with Gasteiger partial charge in [-0.25, -0.2) is 14.8 Å². The normalized spacial score (nSPS) is 16.3. The van der Waals surface area contributed by atoms with Crippen molar-refractivity contribution in [2.45, 2.75) is 122 Å². The number of anilines is 2. The number of benzene rings is 3. The number of amides is 4. The molecule has 1 saturated heterocycles. The number of alkyl halides is 3. The van der Waals surface area contributed by atoms with Crippen LogP contribution in [0.3, 0.4) is 0 Å². The second kappa shape index (κ2) is 25.5. The zero-order chi connectivity index (χ0) is 58.3. The number of nitrogens with one attached hydrogen (secondary N) is 1. The molecule has 5 heterocycles. The Morgan fingerprint density at radius 3 is 2.45 bits per heavy atom. The summed E-state index contributed by atoms with van der Waals surface area (Å²) < 4.78 is 65.0. The van der Waals surface area contributed by atoms with Gasteiger partial charge >= 0.3 is 12.3 Å². The highest BCUT2D eigenvalue weighted by molar-refractivity contribution is 7.10. The summed E-state index contributed by atoms with van der Waals surface area (Å²) in [6.07, 6.45) is 6.42. The molecule has 82 heavy (non-hydrogen) atoms. The van der Waals surface area contributed by atoms with Crippen LogP contribution in [0, 0.1) is 5.92 Å². The van der Waals surface area contributed by atoms with Crippen LogP contribution in [-0.2, 0) is 49.4 Å². The van der Waals surface area contributed by atoms with Gasteiger partial charge in [0.15, 0.2) is 11.6 Å². The quantitative estimate of drug-likeness (QED) is 0.0538. The number of likely N-dealkylation sites (tertiary alicyclic amines) is 1. The standard InChI is InChI=1S/C60H68F3N9O9S/c1-37(69(5)58(77)81-59(2,3)4)55(75)68-52(39-13-7-6-8-14-39)57(76)72-22-11-18-49(72)56-67-47(36-82-56)53(74)41-15-10-17-45(31-41)79-27-26-78-25-24-70-35-43(34-66-70)42-32-50(54(64)65-33-42)80-46-19-20-48-40(30-46)21-23-71(48)51(73)29-38-12-9-16-44(28-38)60(61,62)63/h9-10,12,15-17,19-20,28,30-37,39,49,52H,6-8,11,13-14,18,21-27,29H2,1-5H3,(H2,64,65)(H,68,75)/t37-,49-,52-/m0/s1. The number of aromatic nitrogens is 4. The van der Waals surface area contributed by atoms with Gasteiger partial charge in [0, 0.05) is 60.3 Å². The van der Waals surface area contributed by atoms with Crippen molar-refractivity contribution in [1.82, 2.24) is 34.9 Å². The van der Waals surface area contributed by atoms with E-state index in [2.05, 4.69) is 15.4 Å². The fourth-order valence-corrected chi connectivity index (χ4v) is 11.4. The number of rotatable bonds is 20. The number of carbonyl (C=O) groups excluding carboxylic acids is 5. The zero-order valence-corrected chi connectivity index (χ0v) is 47.4. The third kappa shape index (κ3) is 14.4. The van der Waals surface area contributed by atoms with E-state index in [-0.39, 0.29) is 66.3 Å². The van der Waals surface area contributed by atoms with Crippen LogP contribution in [0.4, 0.5) is 29.5 Å². The number of ketones is 1.